The molecule has 1 N–H and O–H groups in total. The Labute approximate surface area is 116 Å². The molecule has 2 saturated carbocycles. The van der Waals surface area contributed by atoms with Gasteiger partial charge in [-0.25, -0.2) is 4.79 Å². The number of nitrogens with zero attached hydrogens (tertiary/aromatic N) is 1. The standard InChI is InChI=1S/C13H18N2O3S/c1-19-12(6-7-12)8-15-10(17)13(4-2-3-5-13)9(16)14-11(15)18/h2-8H2,1H3,(H,14,16,18). The fourth-order valence-electron chi connectivity index (χ4n) is 3.15. The van der Waals surface area contributed by atoms with E-state index in [-0.39, 0.29) is 16.6 Å². The Balaban J connectivity index is 1.85. The van der Waals surface area contributed by atoms with Crippen molar-refractivity contribution in [3.63, 3.8) is 0 Å². The summed E-state index contributed by atoms with van der Waals surface area (Å²) in [5.41, 5.74) is -0.956. The van der Waals surface area contributed by atoms with Gasteiger partial charge in [-0.1, -0.05) is 12.8 Å². The smallest absolute Gasteiger partial charge is 0.277 e. The summed E-state index contributed by atoms with van der Waals surface area (Å²) in [6.45, 7) is 0.438. The maximum Gasteiger partial charge on any atom is 0.330 e. The van der Waals surface area contributed by atoms with Crippen molar-refractivity contribution in [3.8, 4) is 0 Å². The van der Waals surface area contributed by atoms with Crippen LogP contribution in [0.3, 0.4) is 0 Å². The zero-order valence-corrected chi connectivity index (χ0v) is 11.8. The zero-order valence-electron chi connectivity index (χ0n) is 11.0. The molecule has 0 atom stereocenters. The Hall–Kier alpha value is -1.04. The molecular formula is C13H18N2O3S. The first-order valence-electron chi connectivity index (χ1n) is 6.76. The van der Waals surface area contributed by atoms with E-state index < -0.39 is 11.4 Å². The number of carbonyl (C=O) groups is 3. The molecule has 4 amide bonds. The maximum atomic E-state index is 12.6. The van der Waals surface area contributed by atoms with E-state index in [1.54, 1.807) is 11.8 Å². The van der Waals surface area contributed by atoms with Crippen molar-refractivity contribution in [2.75, 3.05) is 12.8 Å². The van der Waals surface area contributed by atoms with Crippen LogP contribution in [-0.2, 0) is 9.59 Å². The molecule has 2 aliphatic carbocycles. The number of amides is 4. The largest absolute Gasteiger partial charge is 0.330 e. The number of rotatable bonds is 3. The van der Waals surface area contributed by atoms with E-state index in [4.69, 9.17) is 0 Å². The highest BCUT2D eigenvalue weighted by Gasteiger charge is 2.57. The van der Waals surface area contributed by atoms with Gasteiger partial charge in [0.05, 0.1) is 0 Å². The van der Waals surface area contributed by atoms with E-state index in [0.29, 0.717) is 19.4 Å². The highest BCUT2D eigenvalue weighted by molar-refractivity contribution is 8.00. The second kappa shape index (κ2) is 4.23. The molecule has 3 aliphatic rings. The zero-order chi connectivity index (χ0) is 13.7. The monoisotopic (exact) mass is 282 g/mol. The number of barbiturate groups is 1. The summed E-state index contributed by atoms with van der Waals surface area (Å²) in [6, 6.07) is -0.534. The second-order valence-electron chi connectivity index (χ2n) is 5.83. The van der Waals surface area contributed by atoms with Crippen LogP contribution < -0.4 is 5.32 Å². The lowest BCUT2D eigenvalue weighted by molar-refractivity contribution is -0.151. The van der Waals surface area contributed by atoms with E-state index in [2.05, 4.69) is 5.32 Å². The first kappa shape index (κ1) is 13.0. The average Bonchev–Trinajstić information content (AvgIpc) is 2.99. The Morgan fingerprint density at radius 2 is 1.79 bits per heavy atom. The quantitative estimate of drug-likeness (QED) is 0.797. The lowest BCUT2D eigenvalue weighted by Gasteiger charge is -2.38. The molecule has 19 heavy (non-hydrogen) atoms. The van der Waals surface area contributed by atoms with Crippen LogP contribution in [0.25, 0.3) is 0 Å². The molecular weight excluding hydrogens is 264 g/mol. The van der Waals surface area contributed by atoms with E-state index in [1.165, 1.54) is 4.90 Å². The lowest BCUT2D eigenvalue weighted by Crippen LogP contribution is -2.64. The lowest BCUT2D eigenvalue weighted by atomic mass is 9.82. The normalized spacial score (nSPS) is 27.8. The van der Waals surface area contributed by atoms with Crippen molar-refractivity contribution in [2.45, 2.75) is 43.3 Å². The van der Waals surface area contributed by atoms with E-state index in [0.717, 1.165) is 25.7 Å². The van der Waals surface area contributed by atoms with Gasteiger partial charge in [-0.15, -0.1) is 0 Å². The molecule has 1 aliphatic heterocycles. The highest BCUT2D eigenvalue weighted by Crippen LogP contribution is 2.49. The molecule has 0 aromatic heterocycles. The minimum Gasteiger partial charge on any atom is -0.277 e. The number of imide groups is 2. The Morgan fingerprint density at radius 1 is 1.16 bits per heavy atom. The van der Waals surface area contributed by atoms with Crippen LogP contribution in [0, 0.1) is 5.41 Å². The van der Waals surface area contributed by atoms with Gasteiger partial charge in [0.2, 0.25) is 11.8 Å². The van der Waals surface area contributed by atoms with Gasteiger partial charge in [-0.3, -0.25) is 19.8 Å². The summed E-state index contributed by atoms with van der Waals surface area (Å²) in [6.07, 6.45) is 7.00. The van der Waals surface area contributed by atoms with Crippen LogP contribution in [0.5, 0.6) is 0 Å². The van der Waals surface area contributed by atoms with Crippen LogP contribution in [0.2, 0.25) is 0 Å². The maximum absolute atomic E-state index is 12.6. The Morgan fingerprint density at radius 3 is 2.32 bits per heavy atom. The molecule has 0 bridgehead atoms. The predicted octanol–water partition coefficient (Wildman–Crippen LogP) is 1.52. The summed E-state index contributed by atoms with van der Waals surface area (Å²) in [5, 5.41) is 2.38. The predicted molar refractivity (Wildman–Crippen MR) is 71.6 cm³/mol. The number of urea groups is 1. The molecule has 1 saturated heterocycles. The van der Waals surface area contributed by atoms with Gasteiger partial charge in [-0.2, -0.15) is 11.8 Å². The fraction of sp³-hybridized carbons (Fsp3) is 0.769. The van der Waals surface area contributed by atoms with Crippen molar-refractivity contribution in [3.05, 3.63) is 0 Å². The van der Waals surface area contributed by atoms with Crippen LogP contribution in [0.4, 0.5) is 4.79 Å². The van der Waals surface area contributed by atoms with Gasteiger partial charge in [-0.05, 0) is 31.9 Å². The molecule has 1 spiro atoms. The van der Waals surface area contributed by atoms with Gasteiger partial charge in [0.25, 0.3) is 0 Å². The van der Waals surface area contributed by atoms with Gasteiger partial charge < -0.3 is 0 Å². The minimum absolute atomic E-state index is 0.0349. The first-order chi connectivity index (χ1) is 9.03. The fourth-order valence-corrected chi connectivity index (χ4v) is 3.92. The van der Waals surface area contributed by atoms with Crippen molar-refractivity contribution < 1.29 is 14.4 Å². The van der Waals surface area contributed by atoms with E-state index >= 15 is 0 Å². The SMILES string of the molecule is CSC1(CN2C(=O)NC(=O)C3(CCCC3)C2=O)CC1. The molecule has 104 valence electrons. The molecule has 6 heteroatoms. The molecule has 0 unspecified atom stereocenters. The van der Waals surface area contributed by atoms with Gasteiger partial charge in [0.15, 0.2) is 0 Å². The number of carbonyl (C=O) groups excluding carboxylic acids is 3. The van der Waals surface area contributed by atoms with E-state index in [9.17, 15) is 14.4 Å². The molecule has 0 aromatic rings. The van der Waals surface area contributed by atoms with Gasteiger partial charge in [0.1, 0.15) is 5.41 Å². The third kappa shape index (κ3) is 1.88. The molecule has 1 heterocycles. The number of hydrogen-bond donors (Lipinski definition) is 1. The summed E-state index contributed by atoms with van der Waals surface area (Å²) in [7, 11) is 0. The summed E-state index contributed by atoms with van der Waals surface area (Å²) < 4.78 is 0.0349. The number of thioether (sulfide) groups is 1. The van der Waals surface area contributed by atoms with Gasteiger partial charge in [0, 0.05) is 11.3 Å². The van der Waals surface area contributed by atoms with Crippen LogP contribution >= 0.6 is 11.8 Å². The van der Waals surface area contributed by atoms with Crippen molar-refractivity contribution >= 4 is 29.6 Å². The van der Waals surface area contributed by atoms with E-state index in [1.807, 2.05) is 6.26 Å². The molecule has 3 rings (SSSR count). The topological polar surface area (TPSA) is 66.5 Å². The third-order valence-electron chi connectivity index (χ3n) is 4.70. The average molecular weight is 282 g/mol. The van der Waals surface area contributed by atoms with Gasteiger partial charge >= 0.3 is 6.03 Å². The van der Waals surface area contributed by atoms with Crippen molar-refractivity contribution in [1.82, 2.24) is 10.2 Å². The van der Waals surface area contributed by atoms with Crippen LogP contribution in [-0.4, -0.2) is 40.3 Å². The molecule has 5 nitrogen and oxygen atoms in total. The second-order valence-corrected chi connectivity index (χ2v) is 7.10. The first-order valence-corrected chi connectivity index (χ1v) is 7.98. The highest BCUT2D eigenvalue weighted by atomic mass is 32.2. The summed E-state index contributed by atoms with van der Waals surface area (Å²) in [5.74, 6) is -0.649. The van der Waals surface area contributed by atoms with Crippen molar-refractivity contribution in [1.29, 1.82) is 0 Å². The number of hydrogen-bond acceptors (Lipinski definition) is 4. The summed E-state index contributed by atoms with van der Waals surface area (Å²) >= 11 is 1.71. The number of nitrogens with one attached hydrogen (secondary N) is 1. The Kier molecular flexibility index (Phi) is 2.89. The van der Waals surface area contributed by atoms with Crippen molar-refractivity contribution in [2.24, 2.45) is 5.41 Å². The van der Waals surface area contributed by atoms with Crippen LogP contribution in [0.1, 0.15) is 38.5 Å². The third-order valence-corrected chi connectivity index (χ3v) is 6.10. The molecule has 3 fully saturated rings. The summed E-state index contributed by atoms with van der Waals surface area (Å²) in [4.78, 5) is 37.9. The minimum atomic E-state index is -0.956. The van der Waals surface area contributed by atoms with Crippen LogP contribution in [0.15, 0.2) is 0 Å². The Bertz CT molecular complexity index is 453. The molecule has 0 aromatic carbocycles. The molecule has 0 radical (unpaired) electrons.